The minimum Gasteiger partial charge on any atom is -0.370 e. The van der Waals surface area contributed by atoms with E-state index in [1.165, 1.54) is 17.7 Å². The van der Waals surface area contributed by atoms with Crippen molar-refractivity contribution in [3.8, 4) is 0 Å². The molecule has 1 nitrogen and oxygen atoms in total. The number of epoxide rings is 1. The lowest BCUT2D eigenvalue weighted by Gasteiger charge is -1.91. The molecule has 2 rings (SSSR count). The second-order valence-corrected chi connectivity index (χ2v) is 4.03. The second-order valence-electron chi connectivity index (χ2n) is 3.00. The quantitative estimate of drug-likeness (QED) is 0.632. The van der Waals surface area contributed by atoms with E-state index < -0.39 is 0 Å². The summed E-state index contributed by atoms with van der Waals surface area (Å²) in [6.45, 7) is 2.14. The van der Waals surface area contributed by atoms with E-state index in [0.717, 1.165) is 0 Å². The Morgan fingerprint density at radius 3 is 3.00 bits per heavy atom. The summed E-state index contributed by atoms with van der Waals surface area (Å²) < 4.78 is 5.32. The summed E-state index contributed by atoms with van der Waals surface area (Å²) in [5, 5.41) is 2.13. The average molecular weight is 168 g/mol. The van der Waals surface area contributed by atoms with Crippen LogP contribution in [0.25, 0.3) is 0 Å². The zero-order valence-corrected chi connectivity index (χ0v) is 7.43. The van der Waals surface area contributed by atoms with Crippen molar-refractivity contribution in [1.82, 2.24) is 0 Å². The van der Waals surface area contributed by atoms with E-state index in [1.54, 1.807) is 0 Å². The van der Waals surface area contributed by atoms with Crippen LogP contribution in [-0.2, 0) is 11.2 Å². The maximum absolute atomic E-state index is 5.32. The van der Waals surface area contributed by atoms with Crippen molar-refractivity contribution < 1.29 is 4.74 Å². The SMILES string of the molecule is CC1O[C@H]1CCc1cccs1. The Hall–Kier alpha value is -0.340. The smallest absolute Gasteiger partial charge is 0.0842 e. The fourth-order valence-corrected chi connectivity index (χ4v) is 2.00. The van der Waals surface area contributed by atoms with Gasteiger partial charge < -0.3 is 4.74 Å². The van der Waals surface area contributed by atoms with Crippen molar-refractivity contribution >= 4 is 11.3 Å². The van der Waals surface area contributed by atoms with Gasteiger partial charge in [-0.1, -0.05) is 6.07 Å². The van der Waals surface area contributed by atoms with Crippen LogP contribution in [0.4, 0.5) is 0 Å². The predicted octanol–water partition coefficient (Wildman–Crippen LogP) is 2.47. The Balaban J connectivity index is 1.75. The van der Waals surface area contributed by atoms with Gasteiger partial charge >= 0.3 is 0 Å². The predicted molar refractivity (Wildman–Crippen MR) is 47.0 cm³/mol. The van der Waals surface area contributed by atoms with E-state index in [1.807, 2.05) is 11.3 Å². The molecule has 0 radical (unpaired) electrons. The summed E-state index contributed by atoms with van der Waals surface area (Å²) in [7, 11) is 0. The molecule has 0 aliphatic carbocycles. The number of hydrogen-bond donors (Lipinski definition) is 0. The molecule has 11 heavy (non-hydrogen) atoms. The number of ether oxygens (including phenoxy) is 1. The van der Waals surface area contributed by atoms with Gasteiger partial charge in [0.2, 0.25) is 0 Å². The summed E-state index contributed by atoms with van der Waals surface area (Å²) in [5.74, 6) is 0. The lowest BCUT2D eigenvalue weighted by molar-refractivity contribution is 0.371. The van der Waals surface area contributed by atoms with Gasteiger partial charge in [-0.3, -0.25) is 0 Å². The summed E-state index contributed by atoms with van der Waals surface area (Å²) in [6, 6.07) is 4.30. The first kappa shape index (κ1) is 7.32. The maximum atomic E-state index is 5.32. The van der Waals surface area contributed by atoms with Gasteiger partial charge in [0.25, 0.3) is 0 Å². The molecule has 1 aliphatic heterocycles. The molecule has 0 bridgehead atoms. The fraction of sp³-hybridized carbons (Fsp3) is 0.556. The molecule has 0 N–H and O–H groups in total. The molecule has 1 aliphatic rings. The highest BCUT2D eigenvalue weighted by Crippen LogP contribution is 2.26. The third-order valence-electron chi connectivity index (χ3n) is 2.09. The highest BCUT2D eigenvalue weighted by atomic mass is 32.1. The monoisotopic (exact) mass is 168 g/mol. The van der Waals surface area contributed by atoms with Crippen LogP contribution < -0.4 is 0 Å². The van der Waals surface area contributed by atoms with Crippen molar-refractivity contribution in [2.75, 3.05) is 0 Å². The molecule has 1 aromatic heterocycles. The van der Waals surface area contributed by atoms with E-state index in [2.05, 4.69) is 24.4 Å². The van der Waals surface area contributed by atoms with Gasteiger partial charge in [0.05, 0.1) is 12.2 Å². The first-order chi connectivity index (χ1) is 5.36. The molecule has 1 saturated heterocycles. The molecule has 1 unspecified atom stereocenters. The van der Waals surface area contributed by atoms with E-state index in [0.29, 0.717) is 12.2 Å². The Kier molecular flexibility index (Phi) is 1.96. The molecule has 2 heterocycles. The van der Waals surface area contributed by atoms with Crippen LogP contribution in [0, 0.1) is 0 Å². The van der Waals surface area contributed by atoms with Crippen LogP contribution in [0.2, 0.25) is 0 Å². The topological polar surface area (TPSA) is 12.5 Å². The second kappa shape index (κ2) is 2.95. The minimum absolute atomic E-state index is 0.523. The molecular formula is C9H12OS. The number of thiophene rings is 1. The van der Waals surface area contributed by atoms with Gasteiger partial charge in [-0.15, -0.1) is 11.3 Å². The molecule has 0 amide bonds. The van der Waals surface area contributed by atoms with Gasteiger partial charge in [0.1, 0.15) is 0 Å². The molecule has 0 aromatic carbocycles. The molecule has 2 atom stereocenters. The summed E-state index contributed by atoms with van der Waals surface area (Å²) in [4.78, 5) is 1.48. The van der Waals surface area contributed by atoms with Gasteiger partial charge in [-0.05, 0) is 31.2 Å². The Morgan fingerprint density at radius 2 is 2.45 bits per heavy atom. The van der Waals surface area contributed by atoms with Crippen LogP contribution in [0.15, 0.2) is 17.5 Å². The Bertz CT molecular complexity index is 217. The van der Waals surface area contributed by atoms with Gasteiger partial charge in [-0.25, -0.2) is 0 Å². The lowest BCUT2D eigenvalue weighted by atomic mass is 10.2. The van der Waals surface area contributed by atoms with Crippen molar-refractivity contribution in [2.24, 2.45) is 0 Å². The van der Waals surface area contributed by atoms with Crippen molar-refractivity contribution in [1.29, 1.82) is 0 Å². The van der Waals surface area contributed by atoms with Crippen LogP contribution in [0.5, 0.6) is 0 Å². The fourth-order valence-electron chi connectivity index (χ4n) is 1.27. The zero-order chi connectivity index (χ0) is 7.68. The van der Waals surface area contributed by atoms with Gasteiger partial charge in [0.15, 0.2) is 0 Å². The van der Waals surface area contributed by atoms with Crippen LogP contribution in [-0.4, -0.2) is 12.2 Å². The molecular weight excluding hydrogens is 156 g/mol. The Morgan fingerprint density at radius 1 is 1.64 bits per heavy atom. The van der Waals surface area contributed by atoms with E-state index >= 15 is 0 Å². The first-order valence-corrected chi connectivity index (χ1v) is 4.92. The molecule has 0 spiro atoms. The summed E-state index contributed by atoms with van der Waals surface area (Å²) in [6.07, 6.45) is 3.46. The van der Waals surface area contributed by atoms with E-state index in [4.69, 9.17) is 4.74 Å². The average Bonchev–Trinajstić information content (AvgIpc) is 2.55. The van der Waals surface area contributed by atoms with E-state index in [9.17, 15) is 0 Å². The van der Waals surface area contributed by atoms with Crippen molar-refractivity contribution in [3.05, 3.63) is 22.4 Å². The molecule has 60 valence electrons. The zero-order valence-electron chi connectivity index (χ0n) is 6.62. The number of rotatable bonds is 3. The van der Waals surface area contributed by atoms with Crippen LogP contribution in [0.1, 0.15) is 18.2 Å². The molecule has 1 aromatic rings. The number of aryl methyl sites for hydroxylation is 1. The third kappa shape index (κ3) is 1.82. The van der Waals surface area contributed by atoms with E-state index in [-0.39, 0.29) is 0 Å². The molecule has 1 fully saturated rings. The van der Waals surface area contributed by atoms with Crippen LogP contribution in [0.3, 0.4) is 0 Å². The number of hydrogen-bond acceptors (Lipinski definition) is 2. The van der Waals surface area contributed by atoms with Crippen molar-refractivity contribution in [3.63, 3.8) is 0 Å². The normalized spacial score (nSPS) is 28.8. The van der Waals surface area contributed by atoms with Gasteiger partial charge in [0, 0.05) is 4.88 Å². The maximum Gasteiger partial charge on any atom is 0.0842 e. The standard InChI is InChI=1S/C9H12OS/c1-7-9(10-7)5-4-8-3-2-6-11-8/h2-3,6-7,9H,4-5H2,1H3/t7?,9-/m0/s1. The summed E-state index contributed by atoms with van der Waals surface area (Å²) in [5.41, 5.74) is 0. The lowest BCUT2D eigenvalue weighted by Crippen LogP contribution is -1.91. The first-order valence-electron chi connectivity index (χ1n) is 4.04. The highest BCUT2D eigenvalue weighted by Gasteiger charge is 2.33. The molecule has 2 heteroatoms. The third-order valence-corrected chi connectivity index (χ3v) is 3.03. The van der Waals surface area contributed by atoms with Crippen LogP contribution >= 0.6 is 11.3 Å². The largest absolute Gasteiger partial charge is 0.370 e. The highest BCUT2D eigenvalue weighted by molar-refractivity contribution is 7.09. The van der Waals surface area contributed by atoms with Crippen molar-refractivity contribution in [2.45, 2.75) is 32.0 Å². The minimum atomic E-state index is 0.523. The summed E-state index contributed by atoms with van der Waals surface area (Å²) >= 11 is 1.84. The molecule has 0 saturated carbocycles. The Labute approximate surface area is 71.0 Å². The van der Waals surface area contributed by atoms with Gasteiger partial charge in [-0.2, -0.15) is 0 Å².